The van der Waals surface area contributed by atoms with E-state index >= 15 is 0 Å². The third-order valence-corrected chi connectivity index (χ3v) is 5.94. The Kier molecular flexibility index (Phi) is 6.07. The van der Waals surface area contributed by atoms with E-state index in [1.165, 1.54) is 34.1 Å². The van der Waals surface area contributed by atoms with Crippen LogP contribution >= 0.6 is 11.8 Å². The number of aryl methyl sites for hydroxylation is 2. The molecule has 1 amide bonds. The summed E-state index contributed by atoms with van der Waals surface area (Å²) in [5, 5.41) is 2.71. The van der Waals surface area contributed by atoms with E-state index in [9.17, 15) is 9.59 Å². The topological polar surface area (TPSA) is 46.2 Å². The number of carbonyl (C=O) groups excluding carboxylic acids is 2. The largest absolute Gasteiger partial charge is 0.325 e. The van der Waals surface area contributed by atoms with Gasteiger partial charge in [0.2, 0.25) is 5.91 Å². The molecule has 0 aliphatic heterocycles. The molecule has 3 nitrogen and oxygen atoms in total. The van der Waals surface area contributed by atoms with Crippen molar-refractivity contribution in [1.82, 2.24) is 0 Å². The van der Waals surface area contributed by atoms with E-state index in [2.05, 4.69) is 39.1 Å². The minimum Gasteiger partial charge on any atom is -0.325 e. The highest BCUT2D eigenvalue weighted by atomic mass is 32.2. The number of Topliss-reactive ketones (excluding diaryl/α,β-unsaturated/α-hetero) is 1. The lowest BCUT2D eigenvalue weighted by Crippen LogP contribution is -2.22. The van der Waals surface area contributed by atoms with Gasteiger partial charge >= 0.3 is 0 Å². The number of hydrogen-bond donors (Lipinski definition) is 1. The highest BCUT2D eigenvalue weighted by Gasteiger charge is 2.18. The number of nitrogens with one attached hydrogen (secondary N) is 1. The molecule has 0 aliphatic rings. The van der Waals surface area contributed by atoms with Crippen molar-refractivity contribution in [3.63, 3.8) is 0 Å². The second-order valence-electron chi connectivity index (χ2n) is 6.47. The number of rotatable bonds is 5. The molecule has 0 aliphatic carbocycles. The summed E-state index contributed by atoms with van der Waals surface area (Å²) in [6.45, 7) is 11.9. The highest BCUT2D eigenvalue weighted by Crippen LogP contribution is 2.33. The summed E-state index contributed by atoms with van der Waals surface area (Å²) in [6.07, 6.45) is 0. The van der Waals surface area contributed by atoms with Crippen LogP contribution in [-0.2, 0) is 4.79 Å². The van der Waals surface area contributed by atoms with Crippen LogP contribution in [-0.4, -0.2) is 16.9 Å². The molecule has 1 atom stereocenters. The lowest BCUT2D eigenvalue weighted by molar-refractivity contribution is -0.115. The van der Waals surface area contributed by atoms with Crippen LogP contribution in [0.1, 0.15) is 46.5 Å². The van der Waals surface area contributed by atoms with E-state index in [1.54, 1.807) is 36.0 Å². The van der Waals surface area contributed by atoms with Crippen LogP contribution in [0.3, 0.4) is 0 Å². The Morgan fingerprint density at radius 1 is 0.960 bits per heavy atom. The van der Waals surface area contributed by atoms with Crippen molar-refractivity contribution >= 4 is 29.1 Å². The first-order valence-electron chi connectivity index (χ1n) is 8.36. The molecule has 132 valence electrons. The van der Waals surface area contributed by atoms with Gasteiger partial charge in [0.15, 0.2) is 5.78 Å². The molecule has 0 bridgehead atoms. The van der Waals surface area contributed by atoms with Crippen LogP contribution in [0.15, 0.2) is 35.2 Å². The average molecular weight is 356 g/mol. The number of benzene rings is 2. The molecule has 1 N–H and O–H groups in total. The van der Waals surface area contributed by atoms with Gasteiger partial charge in [-0.05, 0) is 88.1 Å². The zero-order chi connectivity index (χ0) is 18.7. The Morgan fingerprint density at radius 3 is 1.96 bits per heavy atom. The van der Waals surface area contributed by atoms with Crippen molar-refractivity contribution in [2.45, 2.75) is 51.7 Å². The second kappa shape index (κ2) is 7.87. The second-order valence-corrected chi connectivity index (χ2v) is 7.82. The van der Waals surface area contributed by atoms with Gasteiger partial charge in [-0.2, -0.15) is 0 Å². The molecule has 0 radical (unpaired) electrons. The zero-order valence-electron chi connectivity index (χ0n) is 15.7. The molecular formula is C21H25NO2S. The molecule has 0 heterocycles. The first-order valence-corrected chi connectivity index (χ1v) is 9.24. The number of ketones is 1. The van der Waals surface area contributed by atoms with Crippen LogP contribution in [0.2, 0.25) is 0 Å². The van der Waals surface area contributed by atoms with Crippen molar-refractivity contribution < 1.29 is 9.59 Å². The quantitative estimate of drug-likeness (QED) is 0.589. The normalized spacial score (nSPS) is 11.9. The smallest absolute Gasteiger partial charge is 0.237 e. The number of amides is 1. The lowest BCUT2D eigenvalue weighted by Gasteiger charge is -2.18. The van der Waals surface area contributed by atoms with Crippen molar-refractivity contribution in [3.8, 4) is 0 Å². The van der Waals surface area contributed by atoms with E-state index < -0.39 is 0 Å². The monoisotopic (exact) mass is 355 g/mol. The lowest BCUT2D eigenvalue weighted by atomic mass is 10.0. The average Bonchev–Trinajstić information content (AvgIpc) is 2.57. The van der Waals surface area contributed by atoms with Crippen LogP contribution in [0.5, 0.6) is 0 Å². The van der Waals surface area contributed by atoms with Gasteiger partial charge in [-0.25, -0.2) is 0 Å². The first-order chi connectivity index (χ1) is 11.7. The number of carbonyl (C=O) groups is 2. The van der Waals surface area contributed by atoms with Gasteiger partial charge in [-0.3, -0.25) is 9.59 Å². The summed E-state index contributed by atoms with van der Waals surface area (Å²) < 4.78 is 0. The maximum absolute atomic E-state index is 12.5. The SMILES string of the molecule is CC(=O)c1ccc(NC(=O)[C@@H](C)Sc2c(C)c(C)cc(C)c2C)cc1. The van der Waals surface area contributed by atoms with Crippen molar-refractivity contribution in [2.24, 2.45) is 0 Å². The molecule has 0 aromatic heterocycles. The summed E-state index contributed by atoms with van der Waals surface area (Å²) in [4.78, 5) is 25.0. The van der Waals surface area contributed by atoms with Crippen LogP contribution in [0, 0.1) is 27.7 Å². The van der Waals surface area contributed by atoms with Gasteiger partial charge in [0.05, 0.1) is 5.25 Å². The minimum absolute atomic E-state index is 0.0163. The van der Waals surface area contributed by atoms with Gasteiger partial charge in [0.1, 0.15) is 0 Å². The van der Waals surface area contributed by atoms with Gasteiger partial charge in [-0.1, -0.05) is 6.07 Å². The third-order valence-electron chi connectivity index (χ3n) is 4.52. The fourth-order valence-electron chi connectivity index (χ4n) is 2.62. The molecule has 2 aromatic carbocycles. The van der Waals surface area contributed by atoms with Gasteiger partial charge in [0.25, 0.3) is 0 Å². The Balaban J connectivity index is 2.12. The Labute approximate surface area is 154 Å². The minimum atomic E-state index is -0.217. The summed E-state index contributed by atoms with van der Waals surface area (Å²) in [6, 6.07) is 9.18. The van der Waals surface area contributed by atoms with E-state index in [-0.39, 0.29) is 16.9 Å². The highest BCUT2D eigenvalue weighted by molar-refractivity contribution is 8.00. The molecular weight excluding hydrogens is 330 g/mol. The summed E-state index contributed by atoms with van der Waals surface area (Å²) in [5.41, 5.74) is 6.31. The number of hydrogen-bond acceptors (Lipinski definition) is 3. The summed E-state index contributed by atoms with van der Waals surface area (Å²) >= 11 is 1.59. The molecule has 4 heteroatoms. The molecule has 25 heavy (non-hydrogen) atoms. The maximum Gasteiger partial charge on any atom is 0.237 e. The first kappa shape index (κ1) is 19.3. The molecule has 2 rings (SSSR count). The van der Waals surface area contributed by atoms with Crippen LogP contribution < -0.4 is 5.32 Å². The van der Waals surface area contributed by atoms with Crippen molar-refractivity contribution in [3.05, 3.63) is 58.1 Å². The van der Waals surface area contributed by atoms with Gasteiger partial charge in [0, 0.05) is 16.1 Å². The predicted octanol–water partition coefficient (Wildman–Crippen LogP) is 5.24. The molecule has 0 spiro atoms. The van der Waals surface area contributed by atoms with Crippen LogP contribution in [0.25, 0.3) is 0 Å². The molecule has 0 fully saturated rings. The van der Waals surface area contributed by atoms with Gasteiger partial charge < -0.3 is 5.32 Å². The van der Waals surface area contributed by atoms with Crippen molar-refractivity contribution in [2.75, 3.05) is 5.32 Å². The zero-order valence-corrected chi connectivity index (χ0v) is 16.5. The predicted molar refractivity (Wildman–Crippen MR) is 106 cm³/mol. The van der Waals surface area contributed by atoms with E-state index in [0.29, 0.717) is 11.3 Å². The fourth-order valence-corrected chi connectivity index (χ4v) is 3.81. The van der Waals surface area contributed by atoms with Crippen LogP contribution in [0.4, 0.5) is 5.69 Å². The fraction of sp³-hybridized carbons (Fsp3) is 0.333. The molecule has 0 saturated heterocycles. The van der Waals surface area contributed by atoms with E-state index in [1.807, 2.05) is 6.92 Å². The molecule has 0 saturated carbocycles. The molecule has 0 unspecified atom stereocenters. The number of anilines is 1. The van der Waals surface area contributed by atoms with Crippen molar-refractivity contribution in [1.29, 1.82) is 0 Å². The Bertz CT molecular complexity index is 783. The summed E-state index contributed by atoms with van der Waals surface area (Å²) in [5.74, 6) is -0.0268. The van der Waals surface area contributed by atoms with E-state index in [4.69, 9.17) is 0 Å². The Morgan fingerprint density at radius 2 is 1.48 bits per heavy atom. The maximum atomic E-state index is 12.5. The standard InChI is InChI=1S/C21H25NO2S/c1-12-11-13(2)15(4)20(14(12)3)25-17(6)21(24)22-19-9-7-18(8-10-19)16(5)23/h7-11,17H,1-6H3,(H,22,24)/t17-/m1/s1. The number of thioether (sulfide) groups is 1. The van der Waals surface area contributed by atoms with E-state index in [0.717, 1.165) is 0 Å². The summed E-state index contributed by atoms with van der Waals surface area (Å²) in [7, 11) is 0. The molecule has 2 aromatic rings. The Hall–Kier alpha value is -2.07. The third kappa shape index (κ3) is 4.51. The van der Waals surface area contributed by atoms with Gasteiger partial charge in [-0.15, -0.1) is 11.8 Å².